The van der Waals surface area contributed by atoms with Gasteiger partial charge in [-0.15, -0.1) is 0 Å². The fourth-order valence-corrected chi connectivity index (χ4v) is 3.77. The highest BCUT2D eigenvalue weighted by atomic mass is 16.5. The molecule has 0 aliphatic carbocycles. The summed E-state index contributed by atoms with van der Waals surface area (Å²) in [5.74, 6) is 0.670. The second kappa shape index (κ2) is 7.83. The van der Waals surface area contributed by atoms with Crippen molar-refractivity contribution in [2.45, 2.75) is 19.9 Å². The van der Waals surface area contributed by atoms with Gasteiger partial charge in [-0.2, -0.15) is 0 Å². The molecule has 9 nitrogen and oxygen atoms in total. The molecule has 1 aliphatic rings. The molecule has 1 aromatic heterocycles. The summed E-state index contributed by atoms with van der Waals surface area (Å²) in [4.78, 5) is 38.4. The molecule has 4 rings (SSSR count). The molecule has 0 spiro atoms. The molecular formula is C23H25N3O6. The summed E-state index contributed by atoms with van der Waals surface area (Å²) in [6.07, 6.45) is 0. The molecule has 0 bridgehead atoms. The highest BCUT2D eigenvalue weighted by Gasteiger charge is 2.45. The molecule has 168 valence electrons. The number of carbonyl (C=O) groups excluding carboxylic acids is 1. The molecule has 1 fully saturated rings. The van der Waals surface area contributed by atoms with Crippen molar-refractivity contribution in [2.75, 3.05) is 37.9 Å². The van der Waals surface area contributed by atoms with Crippen LogP contribution < -0.4 is 21.5 Å². The minimum Gasteiger partial charge on any atom is -0.505 e. The highest BCUT2D eigenvalue weighted by molar-refractivity contribution is 5.99. The number of aromatic hydroxyl groups is 1. The number of furan rings is 1. The number of anilines is 3. The van der Waals surface area contributed by atoms with E-state index in [4.69, 9.17) is 9.15 Å². The molecular weight excluding hydrogens is 414 g/mol. The first kappa shape index (κ1) is 21.6. The lowest BCUT2D eigenvalue weighted by atomic mass is 9.79. The quantitative estimate of drug-likeness (QED) is 0.379. The molecule has 3 N–H and O–H groups in total. The zero-order valence-corrected chi connectivity index (χ0v) is 18.3. The van der Waals surface area contributed by atoms with E-state index >= 15 is 0 Å². The Balaban J connectivity index is 1.66. The van der Waals surface area contributed by atoms with Gasteiger partial charge >= 0.3 is 0 Å². The van der Waals surface area contributed by atoms with Crippen molar-refractivity contribution < 1.29 is 19.1 Å². The SMILES string of the molecule is Cc1ccc(C(Nc2c(Nc3cccc(C(=O)N(C)C)c3O)c(=O)c2=O)C2(C)COC2)o1. The predicted molar refractivity (Wildman–Crippen MR) is 119 cm³/mol. The molecule has 1 aliphatic heterocycles. The van der Waals surface area contributed by atoms with Crippen LogP contribution in [0.3, 0.4) is 0 Å². The van der Waals surface area contributed by atoms with Gasteiger partial charge in [0.1, 0.15) is 22.9 Å². The van der Waals surface area contributed by atoms with Gasteiger partial charge in [0.05, 0.1) is 30.5 Å². The normalized spacial score (nSPS) is 15.8. The van der Waals surface area contributed by atoms with Crippen LogP contribution >= 0.6 is 0 Å². The summed E-state index contributed by atoms with van der Waals surface area (Å²) < 4.78 is 11.2. The number of phenols is 1. The number of hydrogen-bond acceptors (Lipinski definition) is 8. The molecule has 1 amide bonds. The average Bonchev–Trinajstić information content (AvgIpc) is 3.17. The van der Waals surface area contributed by atoms with E-state index < -0.39 is 16.9 Å². The Hall–Kier alpha value is -3.59. The second-order valence-electron chi connectivity index (χ2n) is 8.61. The third-order valence-corrected chi connectivity index (χ3v) is 5.74. The van der Waals surface area contributed by atoms with Crippen molar-refractivity contribution in [1.29, 1.82) is 0 Å². The second-order valence-corrected chi connectivity index (χ2v) is 8.61. The van der Waals surface area contributed by atoms with Crippen molar-refractivity contribution in [3.63, 3.8) is 0 Å². The van der Waals surface area contributed by atoms with Gasteiger partial charge in [0.15, 0.2) is 5.75 Å². The van der Waals surface area contributed by atoms with Crippen LogP contribution in [0.5, 0.6) is 5.75 Å². The predicted octanol–water partition coefficient (Wildman–Crippen LogP) is 2.52. The molecule has 32 heavy (non-hydrogen) atoms. The number of benzene rings is 1. The van der Waals surface area contributed by atoms with Gasteiger partial charge in [0.25, 0.3) is 16.8 Å². The van der Waals surface area contributed by atoms with Crippen LogP contribution in [0.15, 0.2) is 44.3 Å². The fourth-order valence-electron chi connectivity index (χ4n) is 3.77. The third kappa shape index (κ3) is 3.54. The fraction of sp³-hybridized carbons (Fsp3) is 0.348. The summed E-state index contributed by atoms with van der Waals surface area (Å²) in [5, 5.41) is 16.6. The first-order valence-corrected chi connectivity index (χ1v) is 10.2. The Morgan fingerprint density at radius 2 is 1.81 bits per heavy atom. The van der Waals surface area contributed by atoms with E-state index in [0.29, 0.717) is 19.0 Å². The van der Waals surface area contributed by atoms with E-state index in [-0.39, 0.29) is 39.7 Å². The lowest BCUT2D eigenvalue weighted by Gasteiger charge is -2.44. The maximum atomic E-state index is 12.4. The topological polar surface area (TPSA) is 121 Å². The number of rotatable bonds is 7. The van der Waals surface area contributed by atoms with E-state index in [1.165, 1.54) is 17.0 Å². The molecule has 9 heteroatoms. The van der Waals surface area contributed by atoms with Crippen LogP contribution in [0.2, 0.25) is 0 Å². The van der Waals surface area contributed by atoms with Crippen molar-refractivity contribution in [3.8, 4) is 5.75 Å². The number of aryl methyl sites for hydroxylation is 1. The molecule has 0 saturated carbocycles. The van der Waals surface area contributed by atoms with Crippen LogP contribution in [0.25, 0.3) is 0 Å². The van der Waals surface area contributed by atoms with Crippen LogP contribution in [0.4, 0.5) is 17.1 Å². The van der Waals surface area contributed by atoms with Gasteiger partial charge in [-0.3, -0.25) is 14.4 Å². The number of amides is 1. The molecule has 2 heterocycles. The van der Waals surface area contributed by atoms with E-state index in [0.717, 1.165) is 5.76 Å². The molecule has 1 unspecified atom stereocenters. The number of hydrogen-bond donors (Lipinski definition) is 3. The average molecular weight is 439 g/mol. The number of phenolic OH excluding ortho intramolecular Hbond substituents is 1. The van der Waals surface area contributed by atoms with Gasteiger partial charge in [0, 0.05) is 19.5 Å². The zero-order chi connectivity index (χ0) is 23.2. The van der Waals surface area contributed by atoms with Gasteiger partial charge in [-0.1, -0.05) is 13.0 Å². The Morgan fingerprint density at radius 1 is 1.12 bits per heavy atom. The van der Waals surface area contributed by atoms with E-state index in [1.54, 1.807) is 20.2 Å². The Morgan fingerprint density at radius 3 is 2.38 bits per heavy atom. The lowest BCUT2D eigenvalue weighted by molar-refractivity contribution is -0.115. The zero-order valence-electron chi connectivity index (χ0n) is 18.3. The third-order valence-electron chi connectivity index (χ3n) is 5.74. The summed E-state index contributed by atoms with van der Waals surface area (Å²) in [6, 6.07) is 7.85. The number of ether oxygens (including phenoxy) is 1. The van der Waals surface area contributed by atoms with E-state index in [1.807, 2.05) is 26.0 Å². The maximum Gasteiger partial charge on any atom is 0.257 e. The number of nitrogens with zero attached hydrogens (tertiary/aromatic N) is 1. The molecule has 0 radical (unpaired) electrons. The summed E-state index contributed by atoms with van der Waals surface area (Å²) >= 11 is 0. The largest absolute Gasteiger partial charge is 0.505 e. The minimum atomic E-state index is -0.708. The van der Waals surface area contributed by atoms with Crippen molar-refractivity contribution in [3.05, 3.63) is 67.9 Å². The Labute approximate surface area is 184 Å². The van der Waals surface area contributed by atoms with Gasteiger partial charge in [0.2, 0.25) is 0 Å². The van der Waals surface area contributed by atoms with Crippen LogP contribution in [-0.2, 0) is 4.74 Å². The van der Waals surface area contributed by atoms with E-state index in [2.05, 4.69) is 10.6 Å². The van der Waals surface area contributed by atoms with Crippen molar-refractivity contribution in [1.82, 2.24) is 4.90 Å². The van der Waals surface area contributed by atoms with E-state index in [9.17, 15) is 19.5 Å². The molecule has 3 aromatic rings. The standard InChI is InChI=1S/C23H25N3O6/c1-12-8-9-15(32-12)21(23(2)10-31-11-23)25-17-16(19(28)20(17)29)24-14-7-5-6-13(18(14)27)22(30)26(3)4/h5-9,21,24-25,27H,10-11H2,1-4H3. The summed E-state index contributed by atoms with van der Waals surface area (Å²) in [7, 11) is 3.14. The summed E-state index contributed by atoms with van der Waals surface area (Å²) in [5.41, 5.74) is -1.35. The molecule has 2 aromatic carbocycles. The van der Waals surface area contributed by atoms with Gasteiger partial charge in [-0.25, -0.2) is 0 Å². The number of para-hydroxylation sites is 1. The van der Waals surface area contributed by atoms with Crippen molar-refractivity contribution in [2.24, 2.45) is 5.41 Å². The first-order valence-electron chi connectivity index (χ1n) is 10.2. The molecule has 1 atom stereocenters. The number of nitrogens with one attached hydrogen (secondary N) is 2. The molecule has 1 saturated heterocycles. The smallest absolute Gasteiger partial charge is 0.257 e. The summed E-state index contributed by atoms with van der Waals surface area (Å²) in [6.45, 7) is 4.78. The maximum absolute atomic E-state index is 12.4. The minimum absolute atomic E-state index is 0.0249. The van der Waals surface area contributed by atoms with Crippen LogP contribution in [-0.4, -0.2) is 43.2 Å². The van der Waals surface area contributed by atoms with Crippen LogP contribution in [0, 0.1) is 12.3 Å². The monoisotopic (exact) mass is 439 g/mol. The highest BCUT2D eigenvalue weighted by Crippen LogP contribution is 2.43. The Kier molecular flexibility index (Phi) is 5.29. The van der Waals surface area contributed by atoms with Gasteiger partial charge < -0.3 is 29.8 Å². The van der Waals surface area contributed by atoms with Crippen LogP contribution in [0.1, 0.15) is 34.8 Å². The Bertz CT molecular complexity index is 1250. The van der Waals surface area contributed by atoms with Gasteiger partial charge in [-0.05, 0) is 31.2 Å². The number of carbonyl (C=O) groups is 1. The lowest BCUT2D eigenvalue weighted by Crippen LogP contribution is -2.49. The van der Waals surface area contributed by atoms with Crippen molar-refractivity contribution >= 4 is 23.0 Å². The first-order chi connectivity index (χ1) is 15.1.